The highest BCUT2D eigenvalue weighted by Crippen LogP contribution is 2.33. The van der Waals surface area contributed by atoms with Crippen molar-refractivity contribution in [3.63, 3.8) is 0 Å². The number of carbonyl (C=O) groups excluding carboxylic acids is 4. The monoisotopic (exact) mass is 815 g/mol. The maximum atomic E-state index is 14.1. The molecular formula is C43H54FN7O8. The minimum absolute atomic E-state index is 0.0829. The fourth-order valence-electron chi connectivity index (χ4n) is 6.72. The normalized spacial score (nSPS) is 12.1. The van der Waals surface area contributed by atoms with Gasteiger partial charge in [-0.25, -0.2) is 9.18 Å². The zero-order chi connectivity index (χ0) is 42.9. The number of nitrogens with one attached hydrogen (secondary N) is 3. The largest absolute Gasteiger partial charge is 0.481 e. The molecule has 0 fully saturated rings. The molecule has 316 valence electrons. The zero-order valence-electron chi connectivity index (χ0n) is 33.3. The Morgan fingerprint density at radius 1 is 0.831 bits per heavy atom. The number of aromatic nitrogens is 2. The van der Waals surface area contributed by atoms with Gasteiger partial charge in [0.25, 0.3) is 0 Å². The van der Waals surface area contributed by atoms with Crippen molar-refractivity contribution in [3.8, 4) is 11.1 Å². The maximum Gasteiger partial charge on any atom is 0.326 e. The lowest BCUT2D eigenvalue weighted by Gasteiger charge is -2.17. The number of rotatable bonds is 24. The van der Waals surface area contributed by atoms with Gasteiger partial charge in [0, 0.05) is 25.1 Å². The molecule has 0 aliphatic heterocycles. The van der Waals surface area contributed by atoms with Gasteiger partial charge in [-0.3, -0.25) is 24.0 Å². The van der Waals surface area contributed by atoms with Crippen LogP contribution in [-0.4, -0.2) is 74.2 Å². The lowest BCUT2D eigenvalue weighted by molar-refractivity contribution is -0.143. The van der Waals surface area contributed by atoms with Gasteiger partial charge in [0.05, 0.1) is 29.8 Å². The summed E-state index contributed by atoms with van der Waals surface area (Å²) in [6.45, 7) is 2.27. The highest BCUT2D eigenvalue weighted by molar-refractivity contribution is 6.05. The molecule has 15 nitrogen and oxygen atoms in total. The Hall–Kier alpha value is -6.16. The second kappa shape index (κ2) is 22.7. The van der Waals surface area contributed by atoms with Crippen LogP contribution in [0, 0.1) is 12.7 Å². The molecule has 0 saturated carbocycles. The number of nitrogens with zero attached hydrogens (tertiary/aromatic N) is 2. The highest BCUT2D eigenvalue weighted by Gasteiger charge is 2.25. The number of carbonyl (C=O) groups is 6. The number of halogens is 1. The number of anilines is 2. The fourth-order valence-corrected chi connectivity index (χ4v) is 6.72. The van der Waals surface area contributed by atoms with Gasteiger partial charge in [0.1, 0.15) is 11.9 Å². The van der Waals surface area contributed by atoms with Crippen molar-refractivity contribution in [1.29, 1.82) is 0 Å². The van der Waals surface area contributed by atoms with Gasteiger partial charge in [-0.15, -0.1) is 5.10 Å². The first-order valence-electron chi connectivity index (χ1n) is 20.0. The van der Waals surface area contributed by atoms with Crippen molar-refractivity contribution in [2.75, 3.05) is 17.6 Å². The van der Waals surface area contributed by atoms with E-state index < -0.39 is 48.1 Å². The summed E-state index contributed by atoms with van der Waals surface area (Å²) in [6.07, 6.45) is 7.61. The molecule has 4 rings (SSSR count). The van der Waals surface area contributed by atoms with E-state index in [0.717, 1.165) is 74.5 Å². The summed E-state index contributed by atoms with van der Waals surface area (Å²) < 4.78 is 15.5. The number of aliphatic carboxylic acids is 2. The molecule has 0 aliphatic rings. The molecule has 0 saturated heterocycles. The molecule has 0 spiro atoms. The summed E-state index contributed by atoms with van der Waals surface area (Å²) >= 11 is 0. The minimum Gasteiger partial charge on any atom is -0.481 e. The van der Waals surface area contributed by atoms with Gasteiger partial charge >= 0.3 is 11.9 Å². The van der Waals surface area contributed by atoms with E-state index in [4.69, 9.17) is 16.6 Å². The number of unbranched alkanes of at least 4 members (excludes halogenated alkanes) is 8. The van der Waals surface area contributed by atoms with E-state index in [1.165, 1.54) is 10.7 Å². The Kier molecular flexibility index (Phi) is 17.5. The van der Waals surface area contributed by atoms with E-state index in [-0.39, 0.29) is 36.9 Å². The van der Waals surface area contributed by atoms with Crippen LogP contribution < -0.4 is 27.4 Å². The fraction of sp³-hybridized carbons (Fsp3) is 0.419. The third kappa shape index (κ3) is 14.3. The van der Waals surface area contributed by atoms with Gasteiger partial charge in [0.2, 0.25) is 23.6 Å². The summed E-state index contributed by atoms with van der Waals surface area (Å²) in [5.41, 5.74) is 16.1. The van der Waals surface area contributed by atoms with Gasteiger partial charge in [0.15, 0.2) is 5.82 Å². The molecule has 0 bridgehead atoms. The third-order valence-electron chi connectivity index (χ3n) is 9.90. The standard InChI is InChI=1S/C43H54FN7O8/c1-27-15-20-32(44)29(24-27)25-37(53)48-30-18-16-28(17-19-30)31-12-11-13-35-40(31)41(46)50-51(35)38(54)14-9-7-5-3-2-4-6-8-10-23-47-36(52)26-33(45)42(57)49-34(43(58)59)21-22-39(55)56/h11-13,15-20,24,33-34H,2-10,14,21-23,25-26,45H2,1H3,(H2,46,50)(H,47,52)(H,48,53)(H,49,57)(H,55,56)(H,58,59)/t33-,34-/m0/s1. The quantitative estimate of drug-likeness (QED) is 0.0421. The third-order valence-corrected chi connectivity index (χ3v) is 9.90. The number of carboxylic acids is 2. The van der Waals surface area contributed by atoms with Crippen LogP contribution in [0.1, 0.15) is 99.4 Å². The molecule has 1 heterocycles. The molecular weight excluding hydrogens is 762 g/mol. The van der Waals surface area contributed by atoms with Crippen molar-refractivity contribution in [3.05, 3.63) is 77.6 Å². The first-order chi connectivity index (χ1) is 28.2. The van der Waals surface area contributed by atoms with Crippen LogP contribution in [0.5, 0.6) is 0 Å². The number of amides is 3. The SMILES string of the molecule is Cc1ccc(F)c(CC(=O)Nc2ccc(-c3cccc4c3c(N)nn4C(=O)CCCCCCCCCCCNC(=O)C[C@H](N)C(=O)N[C@@H](CCC(=O)O)C(=O)O)cc2)c1. The first-order valence-corrected chi connectivity index (χ1v) is 20.0. The number of aryl methyl sites for hydroxylation is 1. The van der Waals surface area contributed by atoms with E-state index in [2.05, 4.69) is 21.0 Å². The summed E-state index contributed by atoms with van der Waals surface area (Å²) in [6, 6.07) is 14.8. The van der Waals surface area contributed by atoms with E-state index in [1.807, 2.05) is 37.3 Å². The summed E-state index contributed by atoms with van der Waals surface area (Å²) in [5, 5.41) is 30.7. The van der Waals surface area contributed by atoms with Crippen LogP contribution in [0.4, 0.5) is 15.9 Å². The van der Waals surface area contributed by atoms with Crippen molar-refractivity contribution < 1.29 is 43.4 Å². The number of benzene rings is 3. The maximum absolute atomic E-state index is 14.1. The molecule has 16 heteroatoms. The average Bonchev–Trinajstić information content (AvgIpc) is 3.54. The molecule has 9 N–H and O–H groups in total. The average molecular weight is 816 g/mol. The van der Waals surface area contributed by atoms with E-state index in [0.29, 0.717) is 35.1 Å². The smallest absolute Gasteiger partial charge is 0.326 e. The highest BCUT2D eigenvalue weighted by atomic mass is 19.1. The topological polar surface area (TPSA) is 249 Å². The molecule has 2 atom stereocenters. The predicted octanol–water partition coefficient (Wildman–Crippen LogP) is 5.72. The van der Waals surface area contributed by atoms with Crippen LogP contribution in [-0.2, 0) is 30.4 Å². The molecule has 3 amide bonds. The molecule has 0 unspecified atom stereocenters. The number of fused-ring (bicyclic) bond motifs is 1. The van der Waals surface area contributed by atoms with Crippen LogP contribution in [0.2, 0.25) is 0 Å². The van der Waals surface area contributed by atoms with Gasteiger partial charge in [-0.2, -0.15) is 4.68 Å². The van der Waals surface area contributed by atoms with Gasteiger partial charge in [-0.1, -0.05) is 86.9 Å². The Bertz CT molecular complexity index is 2100. The van der Waals surface area contributed by atoms with Crippen molar-refractivity contribution >= 4 is 58.0 Å². The number of nitrogens with two attached hydrogens (primary N) is 2. The number of carboxylic acid groups (broad SMARTS) is 2. The molecule has 4 aromatic rings. The number of hydrogen-bond acceptors (Lipinski definition) is 9. The molecule has 3 aromatic carbocycles. The lowest BCUT2D eigenvalue weighted by Crippen LogP contribution is -2.50. The Labute approximate surface area is 342 Å². The van der Waals surface area contributed by atoms with Crippen LogP contribution >= 0.6 is 0 Å². The second-order valence-electron chi connectivity index (χ2n) is 14.7. The van der Waals surface area contributed by atoms with Crippen LogP contribution in [0.3, 0.4) is 0 Å². The molecule has 0 aliphatic carbocycles. The molecule has 1 aromatic heterocycles. The molecule has 59 heavy (non-hydrogen) atoms. The summed E-state index contributed by atoms with van der Waals surface area (Å²) in [4.78, 5) is 72.1. The van der Waals surface area contributed by atoms with Crippen LogP contribution in [0.15, 0.2) is 60.7 Å². The number of nitrogen functional groups attached to an aromatic ring is 1. The van der Waals surface area contributed by atoms with Crippen molar-refractivity contribution in [2.24, 2.45) is 5.73 Å². The number of hydrogen-bond donors (Lipinski definition) is 7. The van der Waals surface area contributed by atoms with E-state index in [1.54, 1.807) is 24.3 Å². The predicted molar refractivity (Wildman–Crippen MR) is 222 cm³/mol. The first kappa shape index (κ1) is 45.5. The summed E-state index contributed by atoms with van der Waals surface area (Å²) in [7, 11) is 0. The Morgan fingerprint density at radius 2 is 1.49 bits per heavy atom. The lowest BCUT2D eigenvalue weighted by atomic mass is 10.0. The van der Waals surface area contributed by atoms with Crippen LogP contribution in [0.25, 0.3) is 22.0 Å². The summed E-state index contributed by atoms with van der Waals surface area (Å²) in [5.74, 6) is -4.48. The minimum atomic E-state index is -1.41. The Balaban J connectivity index is 1.10. The van der Waals surface area contributed by atoms with Crippen molar-refractivity contribution in [1.82, 2.24) is 20.4 Å². The zero-order valence-corrected chi connectivity index (χ0v) is 33.3. The van der Waals surface area contributed by atoms with Gasteiger partial charge in [-0.05, 0) is 67.1 Å². The Morgan fingerprint density at radius 3 is 2.15 bits per heavy atom. The van der Waals surface area contributed by atoms with E-state index in [9.17, 15) is 38.3 Å². The van der Waals surface area contributed by atoms with E-state index >= 15 is 0 Å². The molecule has 0 radical (unpaired) electrons. The van der Waals surface area contributed by atoms with Gasteiger partial charge < -0.3 is 37.6 Å². The van der Waals surface area contributed by atoms with Crippen molar-refractivity contribution in [2.45, 2.75) is 109 Å². The second-order valence-corrected chi connectivity index (χ2v) is 14.7.